The summed E-state index contributed by atoms with van der Waals surface area (Å²) in [5.41, 5.74) is 1.60. The molecule has 0 aliphatic rings. The number of rotatable bonds is 5. The largest absolute Gasteiger partial charge is 0.462 e. The summed E-state index contributed by atoms with van der Waals surface area (Å²) < 4.78 is 4.87. The highest BCUT2D eigenvalue weighted by atomic mass is 16.5. The van der Waals surface area contributed by atoms with Crippen LogP contribution in [0.25, 0.3) is 6.08 Å². The van der Waals surface area contributed by atoms with Crippen molar-refractivity contribution in [2.24, 2.45) is 0 Å². The quantitative estimate of drug-likeness (QED) is 0.361. The second kappa shape index (κ2) is 8.28. The van der Waals surface area contributed by atoms with Crippen molar-refractivity contribution < 1.29 is 9.53 Å². The molecule has 0 bridgehead atoms. The fraction of sp³-hybridized carbons (Fsp3) is 0.235. The number of nitriles is 2. The van der Waals surface area contributed by atoms with Crippen molar-refractivity contribution in [1.29, 1.82) is 10.5 Å². The average Bonchev–Trinajstić information content (AvgIpc) is 2.52. The third-order valence-electron chi connectivity index (χ3n) is 2.84. The van der Waals surface area contributed by atoms with Crippen LogP contribution in [0.15, 0.2) is 41.5 Å². The summed E-state index contributed by atoms with van der Waals surface area (Å²) in [6.45, 7) is 1.84. The zero-order chi connectivity index (χ0) is 16.5. The molecule has 22 heavy (non-hydrogen) atoms. The molecule has 0 saturated heterocycles. The first-order valence-electron chi connectivity index (χ1n) is 6.70. The SMILES string of the molecule is CCOC(=O)C(/C=C/c1ccc(N(C)C)cc1)=C(C#N)C#N. The molecule has 0 atom stereocenters. The van der Waals surface area contributed by atoms with Gasteiger partial charge in [0.05, 0.1) is 12.2 Å². The van der Waals surface area contributed by atoms with Gasteiger partial charge in [-0.25, -0.2) is 4.79 Å². The summed E-state index contributed by atoms with van der Waals surface area (Å²) in [6.07, 6.45) is 3.10. The van der Waals surface area contributed by atoms with E-state index in [4.69, 9.17) is 15.3 Å². The molecule has 1 aromatic rings. The molecule has 5 heteroatoms. The molecular formula is C17H17N3O2. The highest BCUT2D eigenvalue weighted by Crippen LogP contribution is 2.15. The fourth-order valence-electron chi connectivity index (χ4n) is 1.67. The van der Waals surface area contributed by atoms with Gasteiger partial charge in [-0.1, -0.05) is 18.2 Å². The zero-order valence-electron chi connectivity index (χ0n) is 12.8. The molecule has 0 unspecified atom stereocenters. The molecule has 0 aromatic heterocycles. The maximum Gasteiger partial charge on any atom is 0.340 e. The van der Waals surface area contributed by atoms with Gasteiger partial charge in [0.15, 0.2) is 0 Å². The highest BCUT2D eigenvalue weighted by molar-refractivity contribution is 5.95. The Kier molecular flexibility index (Phi) is 6.40. The van der Waals surface area contributed by atoms with Gasteiger partial charge < -0.3 is 9.64 Å². The van der Waals surface area contributed by atoms with Crippen LogP contribution in [0.1, 0.15) is 12.5 Å². The van der Waals surface area contributed by atoms with Crippen molar-refractivity contribution in [2.45, 2.75) is 6.92 Å². The number of esters is 1. The van der Waals surface area contributed by atoms with E-state index in [1.165, 1.54) is 6.08 Å². The Morgan fingerprint density at radius 3 is 2.27 bits per heavy atom. The predicted molar refractivity (Wildman–Crippen MR) is 84.7 cm³/mol. The molecule has 1 aromatic carbocycles. The summed E-state index contributed by atoms with van der Waals surface area (Å²) >= 11 is 0. The Labute approximate surface area is 130 Å². The minimum absolute atomic E-state index is 0.0384. The molecule has 0 fully saturated rings. The van der Waals surface area contributed by atoms with Gasteiger partial charge in [0, 0.05) is 19.8 Å². The van der Waals surface area contributed by atoms with Gasteiger partial charge in [0.25, 0.3) is 0 Å². The van der Waals surface area contributed by atoms with Crippen molar-refractivity contribution in [1.82, 2.24) is 0 Å². The van der Waals surface area contributed by atoms with Crippen molar-refractivity contribution in [3.8, 4) is 12.1 Å². The first kappa shape index (κ1) is 17.0. The summed E-state index contributed by atoms with van der Waals surface area (Å²) in [5.74, 6) is -0.679. The van der Waals surface area contributed by atoms with E-state index < -0.39 is 5.97 Å². The Morgan fingerprint density at radius 1 is 1.23 bits per heavy atom. The molecule has 5 nitrogen and oxygen atoms in total. The molecule has 0 amide bonds. The number of ether oxygens (including phenoxy) is 1. The standard InChI is InChI=1S/C17H17N3O2/c1-4-22-17(21)16(14(11-18)12-19)10-7-13-5-8-15(9-6-13)20(2)3/h5-10H,4H2,1-3H3/b10-7+. The van der Waals surface area contributed by atoms with Crippen molar-refractivity contribution in [3.05, 3.63) is 47.1 Å². The number of anilines is 1. The number of benzene rings is 1. The lowest BCUT2D eigenvalue weighted by Crippen LogP contribution is -2.08. The highest BCUT2D eigenvalue weighted by Gasteiger charge is 2.13. The number of hydrogen-bond donors (Lipinski definition) is 0. The van der Waals surface area contributed by atoms with E-state index in [-0.39, 0.29) is 17.8 Å². The maximum absolute atomic E-state index is 11.8. The van der Waals surface area contributed by atoms with Crippen LogP contribution in [0.5, 0.6) is 0 Å². The third-order valence-corrected chi connectivity index (χ3v) is 2.84. The van der Waals surface area contributed by atoms with Crippen LogP contribution in [-0.2, 0) is 9.53 Å². The van der Waals surface area contributed by atoms with Crippen LogP contribution in [0, 0.1) is 22.7 Å². The molecule has 112 valence electrons. The van der Waals surface area contributed by atoms with E-state index in [9.17, 15) is 4.79 Å². The van der Waals surface area contributed by atoms with Crippen molar-refractivity contribution in [3.63, 3.8) is 0 Å². The molecule has 0 radical (unpaired) electrons. The first-order valence-corrected chi connectivity index (χ1v) is 6.70. The topological polar surface area (TPSA) is 77.1 Å². The van der Waals surface area contributed by atoms with E-state index in [2.05, 4.69) is 0 Å². The van der Waals surface area contributed by atoms with E-state index in [0.717, 1.165) is 11.3 Å². The first-order chi connectivity index (χ1) is 10.5. The third kappa shape index (κ3) is 4.50. The van der Waals surface area contributed by atoms with Crippen molar-refractivity contribution in [2.75, 3.05) is 25.6 Å². The fourth-order valence-corrected chi connectivity index (χ4v) is 1.67. The van der Waals surface area contributed by atoms with E-state index in [1.807, 2.05) is 43.3 Å². The molecule has 0 heterocycles. The van der Waals surface area contributed by atoms with Crippen LogP contribution in [0.4, 0.5) is 5.69 Å². The van der Waals surface area contributed by atoms with E-state index >= 15 is 0 Å². The lowest BCUT2D eigenvalue weighted by atomic mass is 10.1. The number of nitrogens with zero attached hydrogens (tertiary/aromatic N) is 3. The van der Waals surface area contributed by atoms with Crippen molar-refractivity contribution >= 4 is 17.7 Å². The van der Waals surface area contributed by atoms with Gasteiger partial charge in [-0.15, -0.1) is 0 Å². The maximum atomic E-state index is 11.8. The average molecular weight is 295 g/mol. The molecule has 0 saturated carbocycles. The number of carbonyl (C=O) groups excluding carboxylic acids is 1. The van der Waals surface area contributed by atoms with Gasteiger partial charge in [0.2, 0.25) is 0 Å². The Hall–Kier alpha value is -3.05. The molecule has 1 rings (SSSR count). The molecule has 0 N–H and O–H groups in total. The lowest BCUT2D eigenvalue weighted by molar-refractivity contribution is -0.138. The zero-order valence-corrected chi connectivity index (χ0v) is 12.8. The van der Waals surface area contributed by atoms with Gasteiger partial charge in [-0.2, -0.15) is 10.5 Å². The Morgan fingerprint density at radius 2 is 1.82 bits per heavy atom. The smallest absolute Gasteiger partial charge is 0.340 e. The van der Waals surface area contributed by atoms with Gasteiger partial charge >= 0.3 is 5.97 Å². The number of allylic oxidation sites excluding steroid dienone is 1. The van der Waals surface area contributed by atoms with E-state index in [0.29, 0.717) is 0 Å². The second-order valence-corrected chi connectivity index (χ2v) is 4.55. The van der Waals surface area contributed by atoms with Crippen LogP contribution in [0.2, 0.25) is 0 Å². The predicted octanol–water partition coefficient (Wildman–Crippen LogP) is 2.67. The molecule has 0 aliphatic heterocycles. The van der Waals surface area contributed by atoms with Gasteiger partial charge in [0.1, 0.15) is 17.7 Å². The number of hydrogen-bond acceptors (Lipinski definition) is 5. The summed E-state index contributed by atoms with van der Waals surface area (Å²) in [7, 11) is 3.89. The molecule has 0 spiro atoms. The Bertz CT molecular complexity index is 655. The molecule has 0 aliphatic carbocycles. The van der Waals surface area contributed by atoms with Crippen LogP contribution in [0.3, 0.4) is 0 Å². The number of carbonyl (C=O) groups is 1. The summed E-state index contributed by atoms with van der Waals surface area (Å²) in [4.78, 5) is 13.8. The second-order valence-electron chi connectivity index (χ2n) is 4.55. The van der Waals surface area contributed by atoms with Gasteiger partial charge in [-0.05, 0) is 30.7 Å². The van der Waals surface area contributed by atoms with Crippen LogP contribution >= 0.6 is 0 Å². The Balaban J connectivity index is 3.10. The molecular weight excluding hydrogens is 278 g/mol. The van der Waals surface area contributed by atoms with Gasteiger partial charge in [-0.3, -0.25) is 0 Å². The summed E-state index contributed by atoms with van der Waals surface area (Å²) in [6, 6.07) is 11.1. The minimum atomic E-state index is -0.679. The normalized spacial score (nSPS) is 9.68. The van der Waals surface area contributed by atoms with Crippen LogP contribution in [-0.4, -0.2) is 26.7 Å². The lowest BCUT2D eigenvalue weighted by Gasteiger charge is -2.11. The van der Waals surface area contributed by atoms with E-state index in [1.54, 1.807) is 25.1 Å². The summed E-state index contributed by atoms with van der Waals surface area (Å²) in [5, 5.41) is 17.9. The minimum Gasteiger partial charge on any atom is -0.462 e. The monoisotopic (exact) mass is 295 g/mol. The van der Waals surface area contributed by atoms with Crippen LogP contribution < -0.4 is 4.90 Å².